The van der Waals surface area contributed by atoms with Gasteiger partial charge >= 0.3 is 0 Å². The molecule has 7 nitrogen and oxygen atoms in total. The van der Waals surface area contributed by atoms with Gasteiger partial charge < -0.3 is 4.90 Å². The van der Waals surface area contributed by atoms with Crippen LogP contribution in [0.3, 0.4) is 0 Å². The highest BCUT2D eigenvalue weighted by molar-refractivity contribution is 5.88. The second-order valence-electron chi connectivity index (χ2n) is 6.58. The first kappa shape index (κ1) is 17.3. The van der Waals surface area contributed by atoms with Crippen molar-refractivity contribution >= 4 is 11.7 Å². The van der Waals surface area contributed by atoms with E-state index in [1.807, 2.05) is 42.2 Å². The predicted octanol–water partition coefficient (Wildman–Crippen LogP) is 1.52. The van der Waals surface area contributed by atoms with E-state index in [2.05, 4.69) is 15.5 Å². The number of hydrogen-bond acceptors (Lipinski definition) is 5. The van der Waals surface area contributed by atoms with E-state index in [1.165, 1.54) is 0 Å². The van der Waals surface area contributed by atoms with Crippen LogP contribution >= 0.6 is 0 Å². The van der Waals surface area contributed by atoms with Crippen LogP contribution in [0.1, 0.15) is 37.6 Å². The summed E-state index contributed by atoms with van der Waals surface area (Å²) in [5.41, 5.74) is 0.587. The summed E-state index contributed by atoms with van der Waals surface area (Å²) in [6, 6.07) is 9.91. The molecule has 0 aliphatic carbocycles. The quantitative estimate of drug-likeness (QED) is 0.824. The number of tetrazole rings is 1. The van der Waals surface area contributed by atoms with Gasteiger partial charge in [-0.2, -0.15) is 0 Å². The molecule has 1 aliphatic heterocycles. The smallest absolute Gasteiger partial charge is 0.224 e. The maximum atomic E-state index is 12.5. The largest absolute Gasteiger partial charge is 0.343 e. The van der Waals surface area contributed by atoms with Crippen molar-refractivity contribution in [2.75, 3.05) is 13.1 Å². The molecule has 0 bridgehead atoms. The van der Waals surface area contributed by atoms with E-state index >= 15 is 0 Å². The summed E-state index contributed by atoms with van der Waals surface area (Å²) in [5.74, 6) is 0.960. The highest BCUT2D eigenvalue weighted by atomic mass is 16.2. The lowest BCUT2D eigenvalue weighted by atomic mass is 9.70. The van der Waals surface area contributed by atoms with Gasteiger partial charge in [0.2, 0.25) is 5.91 Å². The first-order valence-electron chi connectivity index (χ1n) is 8.60. The van der Waals surface area contributed by atoms with E-state index in [0.717, 1.165) is 5.56 Å². The molecule has 0 atom stereocenters. The number of amides is 1. The van der Waals surface area contributed by atoms with Gasteiger partial charge in [-0.1, -0.05) is 30.3 Å². The van der Waals surface area contributed by atoms with Crippen LogP contribution in [-0.4, -0.2) is 49.9 Å². The molecule has 1 aromatic heterocycles. The molecule has 0 N–H and O–H groups in total. The molecule has 0 spiro atoms. The number of aromatic nitrogens is 4. The summed E-state index contributed by atoms with van der Waals surface area (Å²) in [4.78, 5) is 26.7. The molecule has 0 unspecified atom stereocenters. The molecule has 0 radical (unpaired) electrons. The van der Waals surface area contributed by atoms with E-state index in [9.17, 15) is 9.59 Å². The predicted molar refractivity (Wildman–Crippen MR) is 91.8 cm³/mol. The Balaban J connectivity index is 1.63. The Hall–Kier alpha value is -2.57. The van der Waals surface area contributed by atoms with Crippen LogP contribution in [0.5, 0.6) is 0 Å². The van der Waals surface area contributed by atoms with E-state index in [0.29, 0.717) is 44.7 Å². The van der Waals surface area contributed by atoms with Crippen LogP contribution in [0, 0.1) is 6.92 Å². The number of rotatable bonds is 5. The topological polar surface area (TPSA) is 81.0 Å². The minimum atomic E-state index is -0.468. The summed E-state index contributed by atoms with van der Waals surface area (Å²) < 4.78 is 1.63. The molecule has 1 aromatic carbocycles. The van der Waals surface area contributed by atoms with Crippen molar-refractivity contribution in [3.63, 3.8) is 0 Å². The Morgan fingerprint density at radius 1 is 1.16 bits per heavy atom. The molecule has 2 heterocycles. The van der Waals surface area contributed by atoms with E-state index in [4.69, 9.17) is 0 Å². The number of hydrogen-bond donors (Lipinski definition) is 0. The SMILES string of the molecule is CC(=O)C1(c2ccccc2)CCN(C(=O)CCn2nnnc2C)CC1. The minimum absolute atomic E-state index is 0.0834. The van der Waals surface area contributed by atoms with E-state index < -0.39 is 5.41 Å². The van der Waals surface area contributed by atoms with Gasteiger partial charge in [-0.3, -0.25) is 9.59 Å². The van der Waals surface area contributed by atoms with Gasteiger partial charge in [0.25, 0.3) is 0 Å². The van der Waals surface area contributed by atoms with Crippen molar-refractivity contribution in [2.45, 2.75) is 45.1 Å². The molecular weight excluding hydrogens is 318 g/mol. The summed E-state index contributed by atoms with van der Waals surface area (Å²) in [5, 5.41) is 11.3. The lowest BCUT2D eigenvalue weighted by molar-refractivity contribution is -0.135. The lowest BCUT2D eigenvalue weighted by Gasteiger charge is -2.40. The average Bonchev–Trinajstić information content (AvgIpc) is 3.05. The van der Waals surface area contributed by atoms with Gasteiger partial charge in [0, 0.05) is 19.5 Å². The maximum Gasteiger partial charge on any atom is 0.224 e. The molecule has 1 aliphatic rings. The third-order valence-electron chi connectivity index (χ3n) is 5.22. The highest BCUT2D eigenvalue weighted by Crippen LogP contribution is 2.36. The molecule has 25 heavy (non-hydrogen) atoms. The van der Waals surface area contributed by atoms with Gasteiger partial charge in [-0.05, 0) is 42.7 Å². The third kappa shape index (κ3) is 3.45. The second-order valence-corrected chi connectivity index (χ2v) is 6.58. The molecule has 7 heteroatoms. The Kier molecular flexibility index (Phi) is 4.92. The fraction of sp³-hybridized carbons (Fsp3) is 0.500. The van der Waals surface area contributed by atoms with Crippen LogP contribution in [-0.2, 0) is 21.5 Å². The van der Waals surface area contributed by atoms with Crippen molar-refractivity contribution in [1.82, 2.24) is 25.1 Å². The standard InChI is InChI=1S/C18H23N5O2/c1-14(24)18(16-6-4-3-5-7-16)9-12-22(13-10-18)17(25)8-11-23-15(2)19-20-21-23/h3-7H,8-13H2,1-2H3. The maximum absolute atomic E-state index is 12.5. The summed E-state index contributed by atoms with van der Waals surface area (Å²) >= 11 is 0. The molecule has 1 saturated heterocycles. The number of carbonyl (C=O) groups is 2. The zero-order valence-electron chi connectivity index (χ0n) is 14.7. The molecule has 2 aromatic rings. The van der Waals surface area contributed by atoms with Crippen LogP contribution in [0.25, 0.3) is 0 Å². The Morgan fingerprint density at radius 3 is 2.40 bits per heavy atom. The van der Waals surface area contributed by atoms with Gasteiger partial charge in [-0.15, -0.1) is 5.10 Å². The number of nitrogens with zero attached hydrogens (tertiary/aromatic N) is 5. The average molecular weight is 341 g/mol. The number of benzene rings is 1. The number of Topliss-reactive ketones (excluding diaryl/α,β-unsaturated/α-hetero) is 1. The lowest BCUT2D eigenvalue weighted by Crippen LogP contribution is -2.48. The van der Waals surface area contributed by atoms with Crippen LogP contribution in [0.4, 0.5) is 0 Å². The fourth-order valence-electron chi connectivity index (χ4n) is 3.55. The Morgan fingerprint density at radius 2 is 1.84 bits per heavy atom. The zero-order chi connectivity index (χ0) is 17.9. The first-order valence-corrected chi connectivity index (χ1v) is 8.60. The molecular formula is C18H23N5O2. The number of likely N-dealkylation sites (tertiary alicyclic amines) is 1. The Bertz CT molecular complexity index is 748. The minimum Gasteiger partial charge on any atom is -0.343 e. The molecule has 132 valence electrons. The van der Waals surface area contributed by atoms with Gasteiger partial charge in [0.15, 0.2) is 0 Å². The van der Waals surface area contributed by atoms with Gasteiger partial charge in [0.1, 0.15) is 11.6 Å². The van der Waals surface area contributed by atoms with E-state index in [1.54, 1.807) is 11.6 Å². The second kappa shape index (κ2) is 7.13. The molecule has 0 saturated carbocycles. The van der Waals surface area contributed by atoms with Crippen molar-refractivity contribution < 1.29 is 9.59 Å². The fourth-order valence-corrected chi connectivity index (χ4v) is 3.55. The monoisotopic (exact) mass is 341 g/mol. The van der Waals surface area contributed by atoms with Gasteiger partial charge in [-0.25, -0.2) is 4.68 Å². The number of aryl methyl sites for hydroxylation is 2. The molecule has 1 amide bonds. The van der Waals surface area contributed by atoms with Gasteiger partial charge in [0.05, 0.1) is 12.0 Å². The Labute approximate surface area is 147 Å². The van der Waals surface area contributed by atoms with Crippen molar-refractivity contribution in [3.8, 4) is 0 Å². The van der Waals surface area contributed by atoms with Crippen LogP contribution in [0.15, 0.2) is 30.3 Å². The first-order chi connectivity index (χ1) is 12.0. The van der Waals surface area contributed by atoms with Crippen molar-refractivity contribution in [1.29, 1.82) is 0 Å². The van der Waals surface area contributed by atoms with Crippen LogP contribution in [0.2, 0.25) is 0 Å². The normalized spacial score (nSPS) is 16.6. The summed E-state index contributed by atoms with van der Waals surface area (Å²) in [6.45, 7) is 5.14. The highest BCUT2D eigenvalue weighted by Gasteiger charge is 2.41. The third-order valence-corrected chi connectivity index (χ3v) is 5.22. The molecule has 3 rings (SSSR count). The number of piperidine rings is 1. The van der Waals surface area contributed by atoms with Crippen LogP contribution < -0.4 is 0 Å². The number of ketones is 1. The molecule has 1 fully saturated rings. The summed E-state index contributed by atoms with van der Waals surface area (Å²) in [7, 11) is 0. The van der Waals surface area contributed by atoms with Crippen molar-refractivity contribution in [2.24, 2.45) is 0 Å². The number of carbonyl (C=O) groups excluding carboxylic acids is 2. The summed E-state index contributed by atoms with van der Waals surface area (Å²) in [6.07, 6.45) is 1.70. The zero-order valence-corrected chi connectivity index (χ0v) is 14.7. The van der Waals surface area contributed by atoms with Crippen molar-refractivity contribution in [3.05, 3.63) is 41.7 Å². The van der Waals surface area contributed by atoms with E-state index in [-0.39, 0.29) is 11.7 Å².